The zero-order chi connectivity index (χ0) is 14.6. The lowest BCUT2D eigenvalue weighted by molar-refractivity contribution is 0.0697. The molecule has 0 aliphatic carbocycles. The number of nitrogen functional groups attached to an aromatic ring is 1. The Morgan fingerprint density at radius 3 is 2.16 bits per heavy atom. The molecule has 1 aromatic rings. The van der Waals surface area contributed by atoms with E-state index in [1.807, 2.05) is 0 Å². The van der Waals surface area contributed by atoms with Gasteiger partial charge in [-0.15, -0.1) is 0 Å². The summed E-state index contributed by atoms with van der Waals surface area (Å²) in [6, 6.07) is 4.98. The largest absolute Gasteiger partial charge is 0.478 e. The second-order valence-corrected chi connectivity index (χ2v) is 5.77. The van der Waals surface area contributed by atoms with Crippen molar-refractivity contribution in [1.82, 2.24) is 0 Å². The van der Waals surface area contributed by atoms with Crippen LogP contribution in [0, 0.1) is 11.8 Å². The van der Waals surface area contributed by atoms with Crippen molar-refractivity contribution in [3.63, 3.8) is 0 Å². The second kappa shape index (κ2) is 6.45. The second-order valence-electron chi connectivity index (χ2n) is 5.77. The van der Waals surface area contributed by atoms with Crippen LogP contribution in [0.1, 0.15) is 38.1 Å². The van der Waals surface area contributed by atoms with Gasteiger partial charge in [-0.05, 0) is 30.0 Å². The average Bonchev–Trinajstić information content (AvgIpc) is 2.26. The maximum Gasteiger partial charge on any atom is 0.337 e. The van der Waals surface area contributed by atoms with Crippen molar-refractivity contribution in [3.8, 4) is 0 Å². The minimum absolute atomic E-state index is 0.315. The molecule has 0 radical (unpaired) electrons. The van der Waals surface area contributed by atoms with Crippen LogP contribution in [0.25, 0.3) is 0 Å². The van der Waals surface area contributed by atoms with Crippen molar-refractivity contribution < 1.29 is 9.90 Å². The van der Waals surface area contributed by atoms with Crippen LogP contribution in [-0.2, 0) is 0 Å². The first-order valence-electron chi connectivity index (χ1n) is 6.69. The topological polar surface area (TPSA) is 66.6 Å². The Morgan fingerprint density at radius 2 is 1.74 bits per heavy atom. The van der Waals surface area contributed by atoms with Crippen LogP contribution in [0.2, 0.25) is 0 Å². The Balaban J connectivity index is 3.18. The van der Waals surface area contributed by atoms with Gasteiger partial charge in [0.05, 0.1) is 11.3 Å². The predicted molar refractivity (Wildman–Crippen MR) is 79.7 cm³/mol. The summed E-state index contributed by atoms with van der Waals surface area (Å²) in [5.41, 5.74) is 7.44. The quantitative estimate of drug-likeness (QED) is 0.775. The fraction of sp³-hybridized carbons (Fsp3) is 0.533. The minimum Gasteiger partial charge on any atom is -0.478 e. The van der Waals surface area contributed by atoms with Gasteiger partial charge in [-0.3, -0.25) is 0 Å². The standard InChI is InChI=1S/C15H24N2O2/c1-10(2)8-17(9-11(3)4)14-7-12(16)5-6-13(14)15(18)19/h5-7,10-11H,8-9,16H2,1-4H3,(H,18,19). The molecule has 0 spiro atoms. The highest BCUT2D eigenvalue weighted by molar-refractivity contribution is 5.95. The summed E-state index contributed by atoms with van der Waals surface area (Å²) in [7, 11) is 0. The summed E-state index contributed by atoms with van der Waals surface area (Å²) in [6.07, 6.45) is 0. The molecule has 1 rings (SSSR count). The number of benzene rings is 1. The molecule has 3 N–H and O–H groups in total. The van der Waals surface area contributed by atoms with Crippen LogP contribution in [0.4, 0.5) is 11.4 Å². The van der Waals surface area contributed by atoms with Gasteiger partial charge >= 0.3 is 5.97 Å². The number of aromatic carboxylic acids is 1. The van der Waals surface area contributed by atoms with Crippen LogP contribution in [0.5, 0.6) is 0 Å². The van der Waals surface area contributed by atoms with Crippen LogP contribution in [0.15, 0.2) is 18.2 Å². The van der Waals surface area contributed by atoms with Gasteiger partial charge in [-0.1, -0.05) is 27.7 Å². The molecule has 0 aliphatic heterocycles. The van der Waals surface area contributed by atoms with Crippen LogP contribution >= 0.6 is 0 Å². The minimum atomic E-state index is -0.910. The Bertz CT molecular complexity index is 432. The zero-order valence-corrected chi connectivity index (χ0v) is 12.2. The van der Waals surface area contributed by atoms with E-state index in [2.05, 4.69) is 32.6 Å². The van der Waals surface area contributed by atoms with Gasteiger partial charge in [0.15, 0.2) is 0 Å². The molecular formula is C15H24N2O2. The molecule has 106 valence electrons. The predicted octanol–water partition coefficient (Wildman–Crippen LogP) is 3.09. The number of nitrogens with zero attached hydrogens (tertiary/aromatic N) is 1. The number of carboxylic acid groups (broad SMARTS) is 1. The molecule has 0 fully saturated rings. The van der Waals surface area contributed by atoms with E-state index >= 15 is 0 Å². The number of nitrogens with two attached hydrogens (primary N) is 1. The number of carbonyl (C=O) groups is 1. The van der Waals surface area contributed by atoms with Crippen molar-refractivity contribution in [2.45, 2.75) is 27.7 Å². The third-order valence-electron chi connectivity index (χ3n) is 2.76. The number of rotatable bonds is 6. The lowest BCUT2D eigenvalue weighted by Crippen LogP contribution is -2.32. The van der Waals surface area contributed by atoms with E-state index in [1.165, 1.54) is 0 Å². The Kier molecular flexibility index (Phi) is 5.21. The molecule has 0 heterocycles. The monoisotopic (exact) mass is 264 g/mol. The summed E-state index contributed by atoms with van der Waals surface area (Å²) < 4.78 is 0. The van der Waals surface area contributed by atoms with E-state index in [4.69, 9.17) is 5.73 Å². The van der Waals surface area contributed by atoms with Crippen molar-refractivity contribution in [1.29, 1.82) is 0 Å². The molecular weight excluding hydrogens is 240 g/mol. The van der Waals surface area contributed by atoms with Gasteiger partial charge in [-0.25, -0.2) is 4.79 Å². The number of carboxylic acids is 1. The molecule has 0 aromatic heterocycles. The molecule has 4 nitrogen and oxygen atoms in total. The van der Waals surface area contributed by atoms with E-state index in [0.717, 1.165) is 18.8 Å². The molecule has 4 heteroatoms. The molecule has 0 aliphatic rings. The van der Waals surface area contributed by atoms with Crippen LogP contribution in [0.3, 0.4) is 0 Å². The summed E-state index contributed by atoms with van der Waals surface area (Å²) in [6.45, 7) is 10.1. The third kappa shape index (κ3) is 4.47. The lowest BCUT2D eigenvalue weighted by Gasteiger charge is -2.30. The normalized spacial score (nSPS) is 11.1. The average molecular weight is 264 g/mol. The van der Waals surface area contributed by atoms with Gasteiger partial charge < -0.3 is 15.7 Å². The zero-order valence-electron chi connectivity index (χ0n) is 12.2. The lowest BCUT2D eigenvalue weighted by atomic mass is 10.1. The van der Waals surface area contributed by atoms with Gasteiger partial charge in [0.1, 0.15) is 0 Å². The Morgan fingerprint density at radius 1 is 1.21 bits per heavy atom. The van der Waals surface area contributed by atoms with Gasteiger partial charge in [0, 0.05) is 18.8 Å². The van der Waals surface area contributed by atoms with E-state index in [1.54, 1.807) is 18.2 Å². The summed E-state index contributed by atoms with van der Waals surface area (Å²) in [5, 5.41) is 9.31. The first kappa shape index (κ1) is 15.3. The van der Waals surface area contributed by atoms with Crippen LogP contribution < -0.4 is 10.6 Å². The smallest absolute Gasteiger partial charge is 0.337 e. The van der Waals surface area contributed by atoms with Gasteiger partial charge in [-0.2, -0.15) is 0 Å². The molecule has 0 atom stereocenters. The van der Waals surface area contributed by atoms with Gasteiger partial charge in [0.2, 0.25) is 0 Å². The first-order valence-corrected chi connectivity index (χ1v) is 6.69. The van der Waals surface area contributed by atoms with Crippen molar-refractivity contribution in [3.05, 3.63) is 23.8 Å². The SMILES string of the molecule is CC(C)CN(CC(C)C)c1cc(N)ccc1C(=O)O. The summed E-state index contributed by atoms with van der Waals surface area (Å²) >= 11 is 0. The highest BCUT2D eigenvalue weighted by Gasteiger charge is 2.18. The molecule has 0 amide bonds. The van der Waals surface area contributed by atoms with Gasteiger partial charge in [0.25, 0.3) is 0 Å². The molecule has 0 bridgehead atoms. The van der Waals surface area contributed by atoms with Crippen molar-refractivity contribution >= 4 is 17.3 Å². The summed E-state index contributed by atoms with van der Waals surface area (Å²) in [4.78, 5) is 13.5. The Labute approximate surface area is 115 Å². The van der Waals surface area contributed by atoms with E-state index in [0.29, 0.717) is 23.1 Å². The van der Waals surface area contributed by atoms with E-state index in [9.17, 15) is 9.90 Å². The van der Waals surface area contributed by atoms with Crippen molar-refractivity contribution in [2.75, 3.05) is 23.7 Å². The fourth-order valence-corrected chi connectivity index (χ4v) is 2.14. The number of hydrogen-bond donors (Lipinski definition) is 2. The molecule has 0 unspecified atom stereocenters. The number of anilines is 2. The Hall–Kier alpha value is -1.71. The number of hydrogen-bond acceptors (Lipinski definition) is 3. The van der Waals surface area contributed by atoms with Crippen molar-refractivity contribution in [2.24, 2.45) is 11.8 Å². The summed E-state index contributed by atoms with van der Waals surface area (Å²) in [5.74, 6) is 0.0103. The highest BCUT2D eigenvalue weighted by atomic mass is 16.4. The highest BCUT2D eigenvalue weighted by Crippen LogP contribution is 2.25. The first-order chi connectivity index (χ1) is 8.81. The maximum absolute atomic E-state index is 11.3. The molecule has 0 saturated heterocycles. The van der Waals surface area contributed by atoms with E-state index in [-0.39, 0.29) is 0 Å². The maximum atomic E-state index is 11.3. The molecule has 0 saturated carbocycles. The van der Waals surface area contributed by atoms with E-state index < -0.39 is 5.97 Å². The molecule has 1 aromatic carbocycles. The third-order valence-corrected chi connectivity index (χ3v) is 2.76. The van der Waals surface area contributed by atoms with Crippen LogP contribution in [-0.4, -0.2) is 24.2 Å². The fourth-order valence-electron chi connectivity index (χ4n) is 2.14. The molecule has 19 heavy (non-hydrogen) atoms.